The Morgan fingerprint density at radius 2 is 1.80 bits per heavy atom. The summed E-state index contributed by atoms with van der Waals surface area (Å²) in [7, 11) is 0. The topological polar surface area (TPSA) is 37.0 Å². The van der Waals surface area contributed by atoms with E-state index in [0.29, 0.717) is 0 Å². The van der Waals surface area contributed by atoms with E-state index in [-0.39, 0.29) is 0 Å². The standard InChI is InChI=1S/C12H21N3/c1-2-13-10-11-14-7-3-4-12-5-8-15-9-6-12/h5-6,8-9,13-14H,2-4,7,10-11H2,1H3. The molecule has 15 heavy (non-hydrogen) atoms. The predicted molar refractivity (Wildman–Crippen MR) is 64.0 cm³/mol. The molecule has 1 heterocycles. The highest BCUT2D eigenvalue weighted by atomic mass is 14.9. The Labute approximate surface area is 92.3 Å². The minimum Gasteiger partial charge on any atom is -0.316 e. The van der Waals surface area contributed by atoms with Crippen molar-refractivity contribution in [2.24, 2.45) is 0 Å². The van der Waals surface area contributed by atoms with Gasteiger partial charge in [0.1, 0.15) is 0 Å². The van der Waals surface area contributed by atoms with E-state index >= 15 is 0 Å². The summed E-state index contributed by atoms with van der Waals surface area (Å²) in [5.74, 6) is 0. The molecular formula is C12H21N3. The van der Waals surface area contributed by atoms with Crippen LogP contribution in [0.4, 0.5) is 0 Å². The smallest absolute Gasteiger partial charge is 0.0270 e. The van der Waals surface area contributed by atoms with Crippen LogP contribution in [0.15, 0.2) is 24.5 Å². The molecule has 2 N–H and O–H groups in total. The summed E-state index contributed by atoms with van der Waals surface area (Å²) in [6, 6.07) is 4.16. The van der Waals surface area contributed by atoms with Crippen molar-refractivity contribution < 1.29 is 0 Å². The maximum absolute atomic E-state index is 4.00. The molecule has 0 aliphatic rings. The molecule has 1 aromatic heterocycles. The third-order valence-corrected chi connectivity index (χ3v) is 2.30. The fourth-order valence-corrected chi connectivity index (χ4v) is 1.45. The molecule has 0 atom stereocenters. The van der Waals surface area contributed by atoms with Crippen molar-refractivity contribution >= 4 is 0 Å². The first-order valence-electron chi connectivity index (χ1n) is 5.74. The number of rotatable bonds is 8. The fraction of sp³-hybridized carbons (Fsp3) is 0.583. The maximum Gasteiger partial charge on any atom is 0.0270 e. The second-order valence-electron chi connectivity index (χ2n) is 3.56. The molecule has 0 saturated carbocycles. The van der Waals surface area contributed by atoms with Gasteiger partial charge >= 0.3 is 0 Å². The number of nitrogens with one attached hydrogen (secondary N) is 2. The van der Waals surface area contributed by atoms with Gasteiger partial charge in [0, 0.05) is 25.5 Å². The minimum absolute atomic E-state index is 1.05. The normalized spacial score (nSPS) is 10.5. The lowest BCUT2D eigenvalue weighted by molar-refractivity contribution is 0.607. The molecule has 0 unspecified atom stereocenters. The van der Waals surface area contributed by atoms with E-state index in [2.05, 4.69) is 34.7 Å². The zero-order valence-electron chi connectivity index (χ0n) is 9.50. The molecule has 3 nitrogen and oxygen atoms in total. The maximum atomic E-state index is 4.00. The highest BCUT2D eigenvalue weighted by molar-refractivity contribution is 5.09. The van der Waals surface area contributed by atoms with Crippen LogP contribution in [0.1, 0.15) is 18.9 Å². The zero-order chi connectivity index (χ0) is 10.8. The van der Waals surface area contributed by atoms with Crippen LogP contribution in [0.3, 0.4) is 0 Å². The predicted octanol–water partition coefficient (Wildman–Crippen LogP) is 1.21. The molecule has 0 aromatic carbocycles. The Bertz CT molecular complexity index is 236. The van der Waals surface area contributed by atoms with Crippen molar-refractivity contribution in [1.29, 1.82) is 0 Å². The average molecular weight is 207 g/mol. The SMILES string of the molecule is CCNCCNCCCc1ccncc1. The molecular weight excluding hydrogens is 186 g/mol. The van der Waals surface area contributed by atoms with E-state index < -0.39 is 0 Å². The summed E-state index contributed by atoms with van der Waals surface area (Å²) in [4.78, 5) is 4.00. The quantitative estimate of drug-likeness (QED) is 0.629. The van der Waals surface area contributed by atoms with E-state index in [0.717, 1.165) is 32.6 Å². The van der Waals surface area contributed by atoms with Crippen molar-refractivity contribution in [2.75, 3.05) is 26.2 Å². The lowest BCUT2D eigenvalue weighted by atomic mass is 10.1. The molecule has 84 valence electrons. The van der Waals surface area contributed by atoms with Crippen molar-refractivity contribution in [1.82, 2.24) is 15.6 Å². The van der Waals surface area contributed by atoms with Crippen LogP contribution in [0.2, 0.25) is 0 Å². The number of hydrogen-bond acceptors (Lipinski definition) is 3. The van der Waals surface area contributed by atoms with Gasteiger partial charge in [0.2, 0.25) is 0 Å². The minimum atomic E-state index is 1.05. The summed E-state index contributed by atoms with van der Waals surface area (Å²) in [5, 5.41) is 6.70. The van der Waals surface area contributed by atoms with Crippen LogP contribution in [0, 0.1) is 0 Å². The Morgan fingerprint density at radius 3 is 2.53 bits per heavy atom. The van der Waals surface area contributed by atoms with Gasteiger partial charge in [-0.05, 0) is 43.6 Å². The fourth-order valence-electron chi connectivity index (χ4n) is 1.45. The molecule has 0 aliphatic carbocycles. The number of hydrogen-bond donors (Lipinski definition) is 2. The van der Waals surface area contributed by atoms with Gasteiger partial charge in [0.05, 0.1) is 0 Å². The summed E-state index contributed by atoms with van der Waals surface area (Å²) in [5.41, 5.74) is 1.37. The molecule has 3 heteroatoms. The van der Waals surface area contributed by atoms with Gasteiger partial charge in [-0.1, -0.05) is 6.92 Å². The first-order chi connectivity index (χ1) is 7.43. The monoisotopic (exact) mass is 207 g/mol. The Morgan fingerprint density at radius 1 is 1.07 bits per heavy atom. The third-order valence-electron chi connectivity index (χ3n) is 2.30. The molecule has 0 amide bonds. The van der Waals surface area contributed by atoms with Crippen LogP contribution in [0.5, 0.6) is 0 Å². The molecule has 0 aliphatic heterocycles. The largest absolute Gasteiger partial charge is 0.316 e. The first-order valence-corrected chi connectivity index (χ1v) is 5.74. The van der Waals surface area contributed by atoms with Crippen LogP contribution in [-0.2, 0) is 6.42 Å². The number of likely N-dealkylation sites (N-methyl/N-ethyl adjacent to an activating group) is 1. The summed E-state index contributed by atoms with van der Waals surface area (Å²) in [6.07, 6.45) is 6.04. The van der Waals surface area contributed by atoms with Gasteiger partial charge in [-0.3, -0.25) is 4.98 Å². The first kappa shape index (κ1) is 12.1. The van der Waals surface area contributed by atoms with Crippen LogP contribution >= 0.6 is 0 Å². The highest BCUT2D eigenvalue weighted by Gasteiger charge is 1.91. The lowest BCUT2D eigenvalue weighted by Gasteiger charge is -2.04. The molecule has 1 rings (SSSR count). The van der Waals surface area contributed by atoms with Crippen molar-refractivity contribution in [3.8, 4) is 0 Å². The Kier molecular flexibility index (Phi) is 6.79. The number of pyridine rings is 1. The van der Waals surface area contributed by atoms with Gasteiger partial charge in [-0.15, -0.1) is 0 Å². The van der Waals surface area contributed by atoms with Gasteiger partial charge < -0.3 is 10.6 Å². The van der Waals surface area contributed by atoms with E-state index in [1.807, 2.05) is 12.4 Å². The third kappa shape index (κ3) is 6.20. The zero-order valence-corrected chi connectivity index (χ0v) is 9.50. The number of aromatic nitrogens is 1. The van der Waals surface area contributed by atoms with Gasteiger partial charge in [0.25, 0.3) is 0 Å². The lowest BCUT2D eigenvalue weighted by Crippen LogP contribution is -2.27. The van der Waals surface area contributed by atoms with E-state index in [4.69, 9.17) is 0 Å². The number of aryl methyl sites for hydroxylation is 1. The van der Waals surface area contributed by atoms with Gasteiger partial charge in [-0.25, -0.2) is 0 Å². The van der Waals surface area contributed by atoms with E-state index in [1.165, 1.54) is 12.0 Å². The summed E-state index contributed by atoms with van der Waals surface area (Å²) in [6.45, 7) is 6.39. The Balaban J connectivity index is 1.93. The highest BCUT2D eigenvalue weighted by Crippen LogP contribution is 1.99. The second kappa shape index (κ2) is 8.38. The summed E-state index contributed by atoms with van der Waals surface area (Å²) < 4.78 is 0. The van der Waals surface area contributed by atoms with Crippen molar-refractivity contribution in [3.05, 3.63) is 30.1 Å². The molecule has 1 aromatic rings. The molecule has 0 bridgehead atoms. The Hall–Kier alpha value is -0.930. The van der Waals surface area contributed by atoms with E-state index in [1.54, 1.807) is 0 Å². The number of nitrogens with zero attached hydrogens (tertiary/aromatic N) is 1. The summed E-state index contributed by atoms with van der Waals surface area (Å²) >= 11 is 0. The molecule has 0 fully saturated rings. The average Bonchev–Trinajstić information content (AvgIpc) is 2.29. The van der Waals surface area contributed by atoms with Crippen LogP contribution in [0.25, 0.3) is 0 Å². The van der Waals surface area contributed by atoms with Crippen LogP contribution in [-0.4, -0.2) is 31.2 Å². The van der Waals surface area contributed by atoms with E-state index in [9.17, 15) is 0 Å². The van der Waals surface area contributed by atoms with Crippen molar-refractivity contribution in [2.45, 2.75) is 19.8 Å². The molecule has 0 saturated heterocycles. The molecule has 0 radical (unpaired) electrons. The van der Waals surface area contributed by atoms with Gasteiger partial charge in [-0.2, -0.15) is 0 Å². The van der Waals surface area contributed by atoms with Gasteiger partial charge in [0.15, 0.2) is 0 Å². The van der Waals surface area contributed by atoms with Crippen molar-refractivity contribution in [3.63, 3.8) is 0 Å². The second-order valence-corrected chi connectivity index (χ2v) is 3.56. The molecule has 0 spiro atoms. The van der Waals surface area contributed by atoms with Crippen LogP contribution < -0.4 is 10.6 Å².